The molecule has 3 heterocycles. The van der Waals surface area contributed by atoms with Crippen molar-refractivity contribution in [3.63, 3.8) is 0 Å². The first-order valence-electron chi connectivity index (χ1n) is 10.5. The van der Waals surface area contributed by atoms with Crippen LogP contribution in [0.25, 0.3) is 10.9 Å². The first-order chi connectivity index (χ1) is 15.0. The number of fused-ring (bicyclic) bond motifs is 4. The number of methoxy groups -OCH3 is 1. The van der Waals surface area contributed by atoms with Gasteiger partial charge in [0.05, 0.1) is 19.8 Å². The molecule has 0 radical (unpaired) electrons. The van der Waals surface area contributed by atoms with E-state index in [1.54, 1.807) is 14.0 Å². The van der Waals surface area contributed by atoms with Crippen LogP contribution in [0.1, 0.15) is 29.8 Å². The van der Waals surface area contributed by atoms with Crippen molar-refractivity contribution in [3.05, 3.63) is 64.3 Å². The number of likely N-dealkylation sites (tertiary alicyclic amines) is 1. The van der Waals surface area contributed by atoms with Crippen molar-refractivity contribution in [3.8, 4) is 5.75 Å². The lowest BCUT2D eigenvalue weighted by atomic mass is 9.68. The summed E-state index contributed by atoms with van der Waals surface area (Å²) < 4.78 is 5.41. The van der Waals surface area contributed by atoms with Crippen molar-refractivity contribution in [2.24, 2.45) is 0 Å². The topological polar surface area (TPSA) is 68.8 Å². The molecule has 1 spiro atoms. The second-order valence-electron chi connectivity index (χ2n) is 8.68. The maximum atomic E-state index is 12.0. The molecule has 0 aliphatic carbocycles. The van der Waals surface area contributed by atoms with Gasteiger partial charge < -0.3 is 19.7 Å². The van der Waals surface area contributed by atoms with E-state index in [1.165, 1.54) is 5.56 Å². The molecule has 1 fully saturated rings. The number of aliphatic hydroxyl groups excluding tert-OH is 1. The molecule has 2 aliphatic heterocycles. The molecule has 6 nitrogen and oxygen atoms in total. The SMILES string of the molecule is COc1ccc2c3c([nH]c2c1)[C@@H](CO)N(Cc1ccccc1Cl)CC31CN(C(C)=O)C1. The Labute approximate surface area is 186 Å². The van der Waals surface area contributed by atoms with Crippen molar-refractivity contribution in [2.45, 2.75) is 24.9 Å². The van der Waals surface area contributed by atoms with Crippen LogP contribution < -0.4 is 4.74 Å². The van der Waals surface area contributed by atoms with Gasteiger partial charge in [-0.05, 0) is 29.3 Å². The summed E-state index contributed by atoms with van der Waals surface area (Å²) in [5, 5.41) is 12.3. The standard InChI is InChI=1S/C24H26ClN3O3/c1-15(30)28-13-24(14-28)12-27(10-16-5-3-4-6-19(16)25)21(11-29)23-22(24)18-8-7-17(31-2)9-20(18)26-23/h3-9,21,26,29H,10-14H2,1-2H3/t21-/m1/s1. The van der Waals surface area contributed by atoms with Crippen LogP contribution in [0.4, 0.5) is 0 Å². The van der Waals surface area contributed by atoms with Crippen LogP contribution in [-0.2, 0) is 16.8 Å². The van der Waals surface area contributed by atoms with Gasteiger partial charge in [-0.15, -0.1) is 0 Å². The fraction of sp³-hybridized carbons (Fsp3) is 0.375. The summed E-state index contributed by atoms with van der Waals surface area (Å²) in [6, 6.07) is 13.7. The van der Waals surface area contributed by atoms with Crippen LogP contribution in [0.3, 0.4) is 0 Å². The van der Waals surface area contributed by atoms with Crippen molar-refractivity contribution < 1.29 is 14.6 Å². The Hall–Kier alpha value is -2.54. The Morgan fingerprint density at radius 3 is 2.71 bits per heavy atom. The first kappa shape index (κ1) is 20.4. The van der Waals surface area contributed by atoms with E-state index in [0.717, 1.165) is 39.5 Å². The number of rotatable bonds is 4. The Kier molecular flexibility index (Phi) is 4.96. The Morgan fingerprint density at radius 2 is 2.03 bits per heavy atom. The number of hydrogen-bond acceptors (Lipinski definition) is 4. The second kappa shape index (κ2) is 7.55. The quantitative estimate of drug-likeness (QED) is 0.653. The highest BCUT2D eigenvalue weighted by Gasteiger charge is 2.53. The van der Waals surface area contributed by atoms with E-state index < -0.39 is 0 Å². The van der Waals surface area contributed by atoms with Crippen molar-refractivity contribution in [2.75, 3.05) is 33.4 Å². The van der Waals surface area contributed by atoms with Crippen LogP contribution in [0.2, 0.25) is 5.02 Å². The van der Waals surface area contributed by atoms with E-state index in [0.29, 0.717) is 19.6 Å². The monoisotopic (exact) mass is 439 g/mol. The minimum atomic E-state index is -0.180. The summed E-state index contributed by atoms with van der Waals surface area (Å²) in [5.41, 5.74) is 4.08. The zero-order chi connectivity index (χ0) is 21.8. The largest absolute Gasteiger partial charge is 0.497 e. The molecule has 0 unspecified atom stereocenters. The van der Waals surface area contributed by atoms with Gasteiger partial charge in [0.15, 0.2) is 0 Å². The van der Waals surface area contributed by atoms with Crippen LogP contribution in [-0.4, -0.2) is 59.1 Å². The van der Waals surface area contributed by atoms with E-state index in [2.05, 4.69) is 16.0 Å². The third kappa shape index (κ3) is 3.21. The maximum Gasteiger partial charge on any atom is 0.219 e. The van der Waals surface area contributed by atoms with E-state index in [-0.39, 0.29) is 24.0 Å². The summed E-state index contributed by atoms with van der Waals surface area (Å²) in [7, 11) is 1.66. The van der Waals surface area contributed by atoms with Gasteiger partial charge in [0, 0.05) is 66.2 Å². The molecule has 3 aromatic rings. The average molecular weight is 440 g/mol. The minimum Gasteiger partial charge on any atom is -0.497 e. The summed E-state index contributed by atoms with van der Waals surface area (Å²) in [6.07, 6.45) is 0. The van der Waals surface area contributed by atoms with Gasteiger partial charge in [-0.1, -0.05) is 29.8 Å². The smallest absolute Gasteiger partial charge is 0.219 e. The number of halogens is 1. The van der Waals surface area contributed by atoms with Gasteiger partial charge in [-0.3, -0.25) is 9.69 Å². The lowest BCUT2D eigenvalue weighted by Gasteiger charge is -2.56. The molecular formula is C24H26ClN3O3. The predicted molar refractivity (Wildman–Crippen MR) is 120 cm³/mol. The molecule has 1 atom stereocenters. The van der Waals surface area contributed by atoms with E-state index >= 15 is 0 Å². The zero-order valence-corrected chi connectivity index (χ0v) is 18.4. The van der Waals surface area contributed by atoms with Crippen LogP contribution >= 0.6 is 11.6 Å². The number of aromatic nitrogens is 1. The normalized spacial score (nSPS) is 20.0. The lowest BCUT2D eigenvalue weighted by Crippen LogP contribution is -2.67. The molecule has 2 N–H and O–H groups in total. The van der Waals surface area contributed by atoms with E-state index in [9.17, 15) is 9.90 Å². The number of aliphatic hydroxyl groups is 1. The Bertz CT molecular complexity index is 1150. The summed E-state index contributed by atoms with van der Waals surface area (Å²) in [5.74, 6) is 0.878. The summed E-state index contributed by atoms with van der Waals surface area (Å²) >= 11 is 6.45. The molecule has 1 saturated heterocycles. The summed E-state index contributed by atoms with van der Waals surface area (Å²) in [6.45, 7) is 4.34. The first-order valence-corrected chi connectivity index (χ1v) is 10.9. The Morgan fingerprint density at radius 1 is 1.26 bits per heavy atom. The van der Waals surface area contributed by atoms with Crippen LogP contribution in [0.15, 0.2) is 42.5 Å². The predicted octanol–water partition coefficient (Wildman–Crippen LogP) is 3.48. The van der Waals surface area contributed by atoms with Gasteiger partial charge in [0.2, 0.25) is 5.91 Å². The van der Waals surface area contributed by atoms with Crippen molar-refractivity contribution >= 4 is 28.4 Å². The molecule has 0 bridgehead atoms. The Balaban J connectivity index is 1.62. The van der Waals surface area contributed by atoms with Crippen LogP contribution in [0.5, 0.6) is 5.75 Å². The number of nitrogens with zero attached hydrogens (tertiary/aromatic N) is 2. The van der Waals surface area contributed by atoms with Crippen LogP contribution in [0, 0.1) is 0 Å². The van der Waals surface area contributed by atoms with E-state index in [1.807, 2.05) is 41.3 Å². The molecule has 2 aromatic carbocycles. The highest BCUT2D eigenvalue weighted by Crippen LogP contribution is 2.49. The fourth-order valence-electron chi connectivity index (χ4n) is 5.29. The number of amides is 1. The van der Waals surface area contributed by atoms with Crippen molar-refractivity contribution in [1.82, 2.24) is 14.8 Å². The van der Waals surface area contributed by atoms with Gasteiger partial charge >= 0.3 is 0 Å². The number of nitrogens with one attached hydrogen (secondary N) is 1. The highest BCUT2D eigenvalue weighted by atomic mass is 35.5. The number of ether oxygens (including phenoxy) is 1. The van der Waals surface area contributed by atoms with Gasteiger partial charge in [-0.25, -0.2) is 0 Å². The lowest BCUT2D eigenvalue weighted by molar-refractivity contribution is -0.138. The highest BCUT2D eigenvalue weighted by molar-refractivity contribution is 6.31. The fourth-order valence-corrected chi connectivity index (χ4v) is 5.49. The average Bonchev–Trinajstić information content (AvgIpc) is 3.11. The molecular weight excluding hydrogens is 414 g/mol. The summed E-state index contributed by atoms with van der Waals surface area (Å²) in [4.78, 5) is 19.8. The molecule has 1 amide bonds. The molecule has 31 heavy (non-hydrogen) atoms. The number of carbonyl (C=O) groups excluding carboxylic acids is 1. The number of benzene rings is 2. The molecule has 7 heteroatoms. The third-order valence-electron chi connectivity index (χ3n) is 6.78. The minimum absolute atomic E-state index is 0.00604. The second-order valence-corrected chi connectivity index (χ2v) is 9.08. The molecule has 162 valence electrons. The molecule has 0 saturated carbocycles. The number of hydrogen-bond donors (Lipinski definition) is 2. The molecule has 2 aliphatic rings. The van der Waals surface area contributed by atoms with Gasteiger partial charge in [0.25, 0.3) is 0 Å². The van der Waals surface area contributed by atoms with Gasteiger partial charge in [-0.2, -0.15) is 0 Å². The number of aromatic amines is 1. The van der Waals surface area contributed by atoms with Crippen molar-refractivity contribution in [1.29, 1.82) is 0 Å². The molecule has 1 aromatic heterocycles. The maximum absolute atomic E-state index is 12.0. The van der Waals surface area contributed by atoms with E-state index in [4.69, 9.17) is 16.3 Å². The number of H-pyrrole nitrogens is 1. The number of carbonyl (C=O) groups is 1. The third-order valence-corrected chi connectivity index (χ3v) is 7.15. The zero-order valence-electron chi connectivity index (χ0n) is 17.7. The molecule has 5 rings (SSSR count). The van der Waals surface area contributed by atoms with Gasteiger partial charge in [0.1, 0.15) is 5.75 Å².